The Morgan fingerprint density at radius 1 is 1.20 bits per heavy atom. The Hall–Kier alpha value is -1.52. The van der Waals surface area contributed by atoms with E-state index in [-0.39, 0.29) is 6.54 Å². The summed E-state index contributed by atoms with van der Waals surface area (Å²) in [5.41, 5.74) is 0.771. The zero-order valence-electron chi connectivity index (χ0n) is 7.84. The smallest absolute Gasteiger partial charge is 0.352 e. The highest BCUT2D eigenvalue weighted by atomic mass is 19.4. The van der Waals surface area contributed by atoms with Crippen LogP contribution < -0.4 is 5.32 Å². The van der Waals surface area contributed by atoms with Gasteiger partial charge in [-0.1, -0.05) is 30.3 Å². The first-order valence-corrected chi connectivity index (χ1v) is 4.35. The molecule has 0 aliphatic heterocycles. The summed E-state index contributed by atoms with van der Waals surface area (Å²) in [5, 5.41) is 2.20. The van der Waals surface area contributed by atoms with Crippen LogP contribution in [0, 0.1) is 0 Å². The predicted octanol–water partition coefficient (Wildman–Crippen LogP) is 2.26. The lowest BCUT2D eigenvalue weighted by atomic mass is 10.2. The lowest BCUT2D eigenvalue weighted by molar-refractivity contribution is -0.153. The van der Waals surface area contributed by atoms with Gasteiger partial charge in [-0.25, -0.2) is 0 Å². The van der Waals surface area contributed by atoms with E-state index in [1.54, 1.807) is 30.3 Å². The van der Waals surface area contributed by atoms with E-state index in [1.807, 2.05) is 0 Å². The molecular weight excluding hydrogens is 207 g/mol. The minimum Gasteiger partial charge on any atom is -0.352 e. The number of hydrogen-bond acceptors (Lipinski definition) is 1. The minimum absolute atomic E-state index is 0.121. The molecule has 2 nitrogen and oxygen atoms in total. The maximum atomic E-state index is 11.8. The van der Waals surface area contributed by atoms with Crippen molar-refractivity contribution in [3.63, 3.8) is 0 Å². The van der Waals surface area contributed by atoms with E-state index in [9.17, 15) is 18.0 Å². The number of nitrogens with one attached hydrogen (secondary N) is 1. The molecule has 0 spiro atoms. The van der Waals surface area contributed by atoms with Crippen LogP contribution in [-0.2, 0) is 11.3 Å². The van der Waals surface area contributed by atoms with Gasteiger partial charge in [0.1, 0.15) is 6.42 Å². The molecule has 5 heteroatoms. The number of benzene rings is 1. The van der Waals surface area contributed by atoms with Crippen LogP contribution in [0.4, 0.5) is 13.2 Å². The monoisotopic (exact) mass is 217 g/mol. The van der Waals surface area contributed by atoms with Gasteiger partial charge in [-0.15, -0.1) is 0 Å². The summed E-state index contributed by atoms with van der Waals surface area (Å²) in [6.07, 6.45) is -5.87. The first-order chi connectivity index (χ1) is 6.97. The molecular formula is C10H10F3NO. The molecule has 0 saturated heterocycles. The Morgan fingerprint density at radius 3 is 2.33 bits per heavy atom. The van der Waals surface area contributed by atoms with Crippen LogP contribution in [0.5, 0.6) is 0 Å². The molecule has 0 fully saturated rings. The molecule has 0 radical (unpaired) electrons. The largest absolute Gasteiger partial charge is 0.397 e. The van der Waals surface area contributed by atoms with Crippen LogP contribution >= 0.6 is 0 Å². The van der Waals surface area contributed by atoms with Crippen LogP contribution in [0.15, 0.2) is 30.3 Å². The predicted molar refractivity (Wildman–Crippen MR) is 49.0 cm³/mol. The van der Waals surface area contributed by atoms with E-state index in [1.165, 1.54) is 0 Å². The molecule has 0 aromatic heterocycles. The maximum absolute atomic E-state index is 11.8. The van der Waals surface area contributed by atoms with Crippen molar-refractivity contribution in [2.24, 2.45) is 0 Å². The lowest BCUT2D eigenvalue weighted by Gasteiger charge is -2.07. The normalized spacial score (nSPS) is 11.1. The van der Waals surface area contributed by atoms with Crippen LogP contribution in [0.2, 0.25) is 0 Å². The van der Waals surface area contributed by atoms with Crippen molar-refractivity contribution < 1.29 is 18.0 Å². The van der Waals surface area contributed by atoms with Crippen molar-refractivity contribution in [1.29, 1.82) is 0 Å². The molecule has 15 heavy (non-hydrogen) atoms. The Morgan fingerprint density at radius 2 is 1.80 bits per heavy atom. The van der Waals surface area contributed by atoms with Crippen LogP contribution in [0.3, 0.4) is 0 Å². The Labute approximate surface area is 85.1 Å². The highest BCUT2D eigenvalue weighted by Crippen LogP contribution is 2.18. The van der Waals surface area contributed by atoms with Gasteiger partial charge in [0.15, 0.2) is 0 Å². The summed E-state index contributed by atoms with van der Waals surface area (Å²) in [6, 6.07) is 8.76. The molecule has 1 N–H and O–H groups in total. The summed E-state index contributed by atoms with van der Waals surface area (Å²) < 4.78 is 35.3. The second-order valence-corrected chi connectivity index (χ2v) is 3.05. The van der Waals surface area contributed by atoms with Gasteiger partial charge in [-0.05, 0) is 5.56 Å². The van der Waals surface area contributed by atoms with Crippen LogP contribution in [0.1, 0.15) is 12.0 Å². The molecule has 0 saturated carbocycles. The first-order valence-electron chi connectivity index (χ1n) is 4.35. The third kappa shape index (κ3) is 5.05. The molecule has 0 heterocycles. The maximum Gasteiger partial charge on any atom is 0.397 e. The number of amides is 1. The second-order valence-electron chi connectivity index (χ2n) is 3.05. The topological polar surface area (TPSA) is 29.1 Å². The fourth-order valence-electron chi connectivity index (χ4n) is 1.04. The third-order valence-electron chi connectivity index (χ3n) is 1.69. The SMILES string of the molecule is O=C(CC(F)(F)F)NCc1ccccc1. The molecule has 1 amide bonds. The van der Waals surface area contributed by atoms with E-state index < -0.39 is 18.5 Å². The summed E-state index contributed by atoms with van der Waals surface area (Å²) in [7, 11) is 0. The molecule has 1 aromatic rings. The highest BCUT2D eigenvalue weighted by molar-refractivity contribution is 5.76. The van der Waals surface area contributed by atoms with Crippen molar-refractivity contribution in [1.82, 2.24) is 5.32 Å². The minimum atomic E-state index is -4.44. The number of hydrogen-bond donors (Lipinski definition) is 1. The van der Waals surface area contributed by atoms with E-state index in [4.69, 9.17) is 0 Å². The van der Waals surface area contributed by atoms with Gasteiger partial charge < -0.3 is 5.32 Å². The zero-order valence-corrected chi connectivity index (χ0v) is 7.84. The molecule has 82 valence electrons. The number of rotatable bonds is 3. The highest BCUT2D eigenvalue weighted by Gasteiger charge is 2.30. The quantitative estimate of drug-likeness (QED) is 0.826. The van der Waals surface area contributed by atoms with Gasteiger partial charge in [0.2, 0.25) is 5.91 Å². The van der Waals surface area contributed by atoms with Crippen molar-refractivity contribution in [2.45, 2.75) is 19.1 Å². The molecule has 1 aromatic carbocycles. The Balaban J connectivity index is 2.35. The number of alkyl halides is 3. The third-order valence-corrected chi connectivity index (χ3v) is 1.69. The van der Waals surface area contributed by atoms with Gasteiger partial charge in [0.05, 0.1) is 0 Å². The summed E-state index contributed by atoms with van der Waals surface area (Å²) in [4.78, 5) is 10.8. The van der Waals surface area contributed by atoms with Crippen molar-refractivity contribution in [3.05, 3.63) is 35.9 Å². The van der Waals surface area contributed by atoms with Gasteiger partial charge in [0.25, 0.3) is 0 Å². The lowest BCUT2D eigenvalue weighted by Crippen LogP contribution is -2.28. The molecule has 1 rings (SSSR count). The molecule has 0 aliphatic rings. The van der Waals surface area contributed by atoms with E-state index >= 15 is 0 Å². The fourth-order valence-corrected chi connectivity index (χ4v) is 1.04. The summed E-state index contributed by atoms with van der Waals surface area (Å²) in [5.74, 6) is -1.01. The van der Waals surface area contributed by atoms with E-state index in [2.05, 4.69) is 5.32 Å². The van der Waals surface area contributed by atoms with E-state index in [0.717, 1.165) is 5.56 Å². The average Bonchev–Trinajstić information content (AvgIpc) is 2.14. The molecule has 0 aliphatic carbocycles. The second kappa shape index (κ2) is 4.82. The van der Waals surface area contributed by atoms with Gasteiger partial charge in [-0.2, -0.15) is 13.2 Å². The van der Waals surface area contributed by atoms with Crippen LogP contribution in [0.25, 0.3) is 0 Å². The summed E-state index contributed by atoms with van der Waals surface area (Å²) in [6.45, 7) is 0.121. The fraction of sp³-hybridized carbons (Fsp3) is 0.300. The molecule has 0 unspecified atom stereocenters. The van der Waals surface area contributed by atoms with E-state index in [0.29, 0.717) is 0 Å². The molecule has 0 atom stereocenters. The van der Waals surface area contributed by atoms with Crippen molar-refractivity contribution in [2.75, 3.05) is 0 Å². The van der Waals surface area contributed by atoms with Gasteiger partial charge in [-0.3, -0.25) is 4.79 Å². The van der Waals surface area contributed by atoms with Gasteiger partial charge in [0, 0.05) is 6.54 Å². The van der Waals surface area contributed by atoms with Gasteiger partial charge >= 0.3 is 6.18 Å². The Bertz CT molecular complexity index is 321. The van der Waals surface area contributed by atoms with Crippen LogP contribution in [-0.4, -0.2) is 12.1 Å². The average molecular weight is 217 g/mol. The standard InChI is InChI=1S/C10H10F3NO/c11-10(12,13)6-9(15)14-7-8-4-2-1-3-5-8/h1-5H,6-7H2,(H,14,15). The number of carbonyl (C=O) groups excluding carboxylic acids is 1. The number of halogens is 3. The summed E-state index contributed by atoms with van der Waals surface area (Å²) >= 11 is 0. The van der Waals surface area contributed by atoms with Crippen molar-refractivity contribution in [3.8, 4) is 0 Å². The first kappa shape index (κ1) is 11.6. The molecule has 0 bridgehead atoms. The Kier molecular flexibility index (Phi) is 3.71. The van der Waals surface area contributed by atoms with Crippen molar-refractivity contribution >= 4 is 5.91 Å². The number of carbonyl (C=O) groups is 1. The zero-order chi connectivity index (χ0) is 11.3.